The fraction of sp³-hybridized carbons (Fsp3) is 0.647. The number of methoxy groups -OCH3 is 1. The molecule has 0 aromatic heterocycles. The lowest BCUT2D eigenvalue weighted by Crippen LogP contribution is -2.32. The van der Waals surface area contributed by atoms with Crippen LogP contribution >= 0.6 is 0 Å². The normalized spacial score (nSPS) is 17.3. The second-order valence-electron chi connectivity index (χ2n) is 5.65. The highest BCUT2D eigenvalue weighted by atomic mass is 16.5. The maximum atomic E-state index is 5.86. The minimum atomic E-state index is 0.429. The van der Waals surface area contributed by atoms with E-state index in [9.17, 15) is 0 Å². The highest BCUT2D eigenvalue weighted by molar-refractivity contribution is 5.33. The average molecular weight is 277 g/mol. The summed E-state index contributed by atoms with van der Waals surface area (Å²) in [4.78, 5) is 0. The molecule has 1 aromatic rings. The third-order valence-electron chi connectivity index (χ3n) is 3.97. The molecule has 0 amide bonds. The second kappa shape index (κ2) is 8.28. The zero-order valence-corrected chi connectivity index (χ0v) is 12.7. The molecule has 20 heavy (non-hydrogen) atoms. The summed E-state index contributed by atoms with van der Waals surface area (Å²) in [5, 5.41) is 3.53. The van der Waals surface area contributed by atoms with Gasteiger partial charge in [0.15, 0.2) is 0 Å². The van der Waals surface area contributed by atoms with Crippen molar-refractivity contribution in [2.24, 2.45) is 0 Å². The second-order valence-corrected chi connectivity index (χ2v) is 5.65. The molecule has 1 N–H and O–H groups in total. The van der Waals surface area contributed by atoms with E-state index in [1.165, 1.54) is 31.2 Å². The molecule has 1 saturated carbocycles. The molecule has 1 unspecified atom stereocenters. The summed E-state index contributed by atoms with van der Waals surface area (Å²) in [5.41, 5.74) is 1.26. The van der Waals surface area contributed by atoms with Crippen LogP contribution in [0.2, 0.25) is 0 Å². The zero-order valence-electron chi connectivity index (χ0n) is 12.7. The lowest BCUT2D eigenvalue weighted by molar-refractivity contribution is 0.0593. The lowest BCUT2D eigenvalue weighted by atomic mass is 10.1. The lowest BCUT2D eigenvalue weighted by Gasteiger charge is -2.17. The first-order chi connectivity index (χ1) is 9.79. The molecule has 1 aliphatic carbocycles. The van der Waals surface area contributed by atoms with Gasteiger partial charge in [-0.1, -0.05) is 31.0 Å². The van der Waals surface area contributed by atoms with Crippen LogP contribution in [0.5, 0.6) is 5.75 Å². The number of ether oxygens (including phenoxy) is 2. The Balaban J connectivity index is 1.65. The van der Waals surface area contributed by atoms with Gasteiger partial charge in [0.25, 0.3) is 0 Å². The topological polar surface area (TPSA) is 30.5 Å². The summed E-state index contributed by atoms with van der Waals surface area (Å²) < 4.78 is 11.2. The van der Waals surface area contributed by atoms with Gasteiger partial charge in [-0.15, -0.1) is 0 Å². The van der Waals surface area contributed by atoms with Crippen molar-refractivity contribution in [2.45, 2.75) is 51.2 Å². The molecule has 0 saturated heterocycles. The number of para-hydroxylation sites is 1. The largest absolute Gasteiger partial charge is 0.496 e. The molecule has 0 aliphatic heterocycles. The smallest absolute Gasteiger partial charge is 0.122 e. The van der Waals surface area contributed by atoms with Crippen molar-refractivity contribution >= 4 is 0 Å². The molecule has 112 valence electrons. The summed E-state index contributed by atoms with van der Waals surface area (Å²) in [6.07, 6.45) is 6.66. The Hall–Kier alpha value is -1.06. The van der Waals surface area contributed by atoms with E-state index < -0.39 is 0 Å². The molecule has 1 aromatic carbocycles. The van der Waals surface area contributed by atoms with Crippen molar-refractivity contribution in [2.75, 3.05) is 20.3 Å². The fourth-order valence-electron chi connectivity index (χ4n) is 2.86. The van der Waals surface area contributed by atoms with Gasteiger partial charge in [-0.05, 0) is 37.8 Å². The van der Waals surface area contributed by atoms with Gasteiger partial charge in [0.05, 0.1) is 19.8 Å². The molecule has 3 heteroatoms. The first kappa shape index (κ1) is 15.3. The van der Waals surface area contributed by atoms with E-state index in [4.69, 9.17) is 9.47 Å². The van der Waals surface area contributed by atoms with Crippen LogP contribution in [0.1, 0.15) is 38.2 Å². The van der Waals surface area contributed by atoms with E-state index in [0.717, 1.165) is 25.3 Å². The van der Waals surface area contributed by atoms with Gasteiger partial charge in [0.2, 0.25) is 0 Å². The van der Waals surface area contributed by atoms with Crippen molar-refractivity contribution < 1.29 is 9.47 Å². The van der Waals surface area contributed by atoms with Crippen LogP contribution in [0.15, 0.2) is 24.3 Å². The van der Waals surface area contributed by atoms with Gasteiger partial charge in [-0.25, -0.2) is 0 Å². The standard InChI is InChI=1S/C17H27NO2/c1-14(13-15-7-3-6-10-17(15)19-2)18-11-12-20-16-8-4-5-9-16/h3,6-7,10,14,16,18H,4-5,8-9,11-13H2,1-2H3. The van der Waals surface area contributed by atoms with Gasteiger partial charge in [0.1, 0.15) is 5.75 Å². The van der Waals surface area contributed by atoms with E-state index in [0.29, 0.717) is 12.1 Å². The molecule has 0 radical (unpaired) electrons. The monoisotopic (exact) mass is 277 g/mol. The van der Waals surface area contributed by atoms with Crippen molar-refractivity contribution in [1.82, 2.24) is 5.32 Å². The first-order valence-corrected chi connectivity index (χ1v) is 7.76. The van der Waals surface area contributed by atoms with Gasteiger partial charge in [0, 0.05) is 12.6 Å². The SMILES string of the molecule is COc1ccccc1CC(C)NCCOC1CCCC1. The Bertz CT molecular complexity index is 388. The van der Waals surface area contributed by atoms with Crippen LogP contribution in [0, 0.1) is 0 Å². The molecule has 0 heterocycles. The van der Waals surface area contributed by atoms with E-state index in [1.54, 1.807) is 7.11 Å². The third-order valence-corrected chi connectivity index (χ3v) is 3.97. The van der Waals surface area contributed by atoms with Crippen LogP contribution in [0.3, 0.4) is 0 Å². The van der Waals surface area contributed by atoms with Crippen LogP contribution in [-0.4, -0.2) is 32.4 Å². The Morgan fingerprint density at radius 1 is 1.25 bits per heavy atom. The number of rotatable bonds is 8. The van der Waals surface area contributed by atoms with Crippen LogP contribution in [0.25, 0.3) is 0 Å². The third kappa shape index (κ3) is 4.80. The molecular weight excluding hydrogens is 250 g/mol. The zero-order chi connectivity index (χ0) is 14.2. The molecule has 0 spiro atoms. The molecular formula is C17H27NO2. The summed E-state index contributed by atoms with van der Waals surface area (Å²) in [5.74, 6) is 0.975. The predicted octanol–water partition coefficient (Wildman–Crippen LogP) is 3.18. The molecule has 1 fully saturated rings. The van der Waals surface area contributed by atoms with Crippen LogP contribution in [-0.2, 0) is 11.2 Å². The summed E-state index contributed by atoms with van der Waals surface area (Å²) in [6, 6.07) is 8.65. The van der Waals surface area contributed by atoms with E-state index in [2.05, 4.69) is 24.4 Å². The molecule has 1 atom stereocenters. The van der Waals surface area contributed by atoms with Gasteiger partial charge in [-0.3, -0.25) is 0 Å². The Morgan fingerprint density at radius 3 is 2.75 bits per heavy atom. The van der Waals surface area contributed by atoms with Crippen LogP contribution < -0.4 is 10.1 Å². The Kier molecular flexibility index (Phi) is 6.34. The Morgan fingerprint density at radius 2 is 2.00 bits per heavy atom. The average Bonchev–Trinajstić information content (AvgIpc) is 2.97. The molecule has 2 rings (SSSR count). The highest BCUT2D eigenvalue weighted by Crippen LogP contribution is 2.21. The van der Waals surface area contributed by atoms with Gasteiger partial charge >= 0.3 is 0 Å². The maximum Gasteiger partial charge on any atom is 0.122 e. The molecule has 1 aliphatic rings. The first-order valence-electron chi connectivity index (χ1n) is 7.76. The van der Waals surface area contributed by atoms with Crippen molar-refractivity contribution in [3.8, 4) is 5.75 Å². The van der Waals surface area contributed by atoms with Crippen molar-refractivity contribution in [3.05, 3.63) is 29.8 Å². The molecule has 0 bridgehead atoms. The number of nitrogens with one attached hydrogen (secondary N) is 1. The summed E-state index contributed by atoms with van der Waals surface area (Å²) >= 11 is 0. The summed E-state index contributed by atoms with van der Waals surface area (Å²) in [7, 11) is 1.73. The summed E-state index contributed by atoms with van der Waals surface area (Å²) in [6.45, 7) is 3.95. The molecule has 3 nitrogen and oxygen atoms in total. The number of benzene rings is 1. The highest BCUT2D eigenvalue weighted by Gasteiger charge is 2.15. The van der Waals surface area contributed by atoms with E-state index in [1.807, 2.05) is 12.1 Å². The minimum absolute atomic E-state index is 0.429. The predicted molar refractivity (Wildman–Crippen MR) is 82.4 cm³/mol. The van der Waals surface area contributed by atoms with Gasteiger partial charge in [-0.2, -0.15) is 0 Å². The minimum Gasteiger partial charge on any atom is -0.496 e. The van der Waals surface area contributed by atoms with Gasteiger partial charge < -0.3 is 14.8 Å². The number of hydrogen-bond acceptors (Lipinski definition) is 3. The van der Waals surface area contributed by atoms with Crippen molar-refractivity contribution in [3.63, 3.8) is 0 Å². The quantitative estimate of drug-likeness (QED) is 0.740. The Labute approximate surface area is 122 Å². The van der Waals surface area contributed by atoms with E-state index >= 15 is 0 Å². The fourth-order valence-corrected chi connectivity index (χ4v) is 2.86. The van der Waals surface area contributed by atoms with Crippen LogP contribution in [0.4, 0.5) is 0 Å². The van der Waals surface area contributed by atoms with E-state index in [-0.39, 0.29) is 0 Å². The number of hydrogen-bond donors (Lipinski definition) is 1. The van der Waals surface area contributed by atoms with Crippen molar-refractivity contribution in [1.29, 1.82) is 0 Å². The maximum absolute atomic E-state index is 5.86.